The average Bonchev–Trinajstić information content (AvgIpc) is 2.79. The van der Waals surface area contributed by atoms with Gasteiger partial charge in [-0.05, 0) is 24.1 Å². The predicted octanol–water partition coefficient (Wildman–Crippen LogP) is 0.989. The molecule has 0 saturated carbocycles. The number of carbonyl (C=O) groups is 1. The number of halogens is 1. The highest BCUT2D eigenvalue weighted by atomic mass is 35.5. The molecule has 2 rings (SSSR count). The third-order valence-corrected chi connectivity index (χ3v) is 3.39. The number of nitrogens with two attached hydrogens (primary N) is 1. The Kier molecular flexibility index (Phi) is 4.58. The molecule has 0 bridgehead atoms. The molecule has 3 N–H and O–H groups in total. The first-order chi connectivity index (χ1) is 8.67. The summed E-state index contributed by atoms with van der Waals surface area (Å²) >= 11 is 5.85. The van der Waals surface area contributed by atoms with Gasteiger partial charge in [0.15, 0.2) is 0 Å². The summed E-state index contributed by atoms with van der Waals surface area (Å²) in [6.45, 7) is 2.84. The number of carbonyl (C=O) groups excluding carboxylic acids is 1. The molecule has 1 amide bonds. The quantitative estimate of drug-likeness (QED) is 0.855. The summed E-state index contributed by atoms with van der Waals surface area (Å²) in [5.74, 6) is -0.0756. The lowest BCUT2D eigenvalue weighted by Crippen LogP contribution is -2.40. The van der Waals surface area contributed by atoms with Gasteiger partial charge in [-0.15, -0.1) is 0 Å². The second-order valence-electron chi connectivity index (χ2n) is 4.62. The van der Waals surface area contributed by atoms with Crippen LogP contribution < -0.4 is 11.1 Å². The molecule has 98 valence electrons. The number of benzene rings is 1. The van der Waals surface area contributed by atoms with Gasteiger partial charge in [0.05, 0.1) is 6.54 Å². The van der Waals surface area contributed by atoms with E-state index in [-0.39, 0.29) is 18.5 Å². The van der Waals surface area contributed by atoms with Crippen molar-refractivity contribution < 1.29 is 4.79 Å². The van der Waals surface area contributed by atoms with Crippen molar-refractivity contribution in [1.82, 2.24) is 10.2 Å². The van der Waals surface area contributed by atoms with E-state index >= 15 is 0 Å². The van der Waals surface area contributed by atoms with Gasteiger partial charge in [0.2, 0.25) is 5.91 Å². The Morgan fingerprint density at radius 3 is 2.83 bits per heavy atom. The summed E-state index contributed by atoms with van der Waals surface area (Å²) < 4.78 is 0. The number of nitrogens with zero attached hydrogens (tertiary/aromatic N) is 1. The maximum absolute atomic E-state index is 11.2. The van der Waals surface area contributed by atoms with Crippen LogP contribution in [0, 0.1) is 0 Å². The zero-order valence-electron chi connectivity index (χ0n) is 10.2. The molecule has 1 aromatic rings. The highest BCUT2D eigenvalue weighted by Crippen LogP contribution is 2.15. The van der Waals surface area contributed by atoms with Gasteiger partial charge in [-0.2, -0.15) is 0 Å². The Morgan fingerprint density at radius 2 is 2.17 bits per heavy atom. The van der Waals surface area contributed by atoms with Gasteiger partial charge in [-0.25, -0.2) is 0 Å². The van der Waals surface area contributed by atoms with E-state index in [1.807, 2.05) is 24.3 Å². The second kappa shape index (κ2) is 6.18. The van der Waals surface area contributed by atoms with E-state index in [2.05, 4.69) is 10.2 Å². The van der Waals surface area contributed by atoms with Crippen molar-refractivity contribution in [2.45, 2.75) is 19.0 Å². The number of rotatable bonds is 4. The van der Waals surface area contributed by atoms with Crippen molar-refractivity contribution in [3.8, 4) is 0 Å². The summed E-state index contributed by atoms with van der Waals surface area (Å²) in [4.78, 5) is 13.5. The topological polar surface area (TPSA) is 58.4 Å². The maximum atomic E-state index is 11.2. The zero-order chi connectivity index (χ0) is 13.0. The summed E-state index contributed by atoms with van der Waals surface area (Å²) in [6, 6.07) is 8.11. The van der Waals surface area contributed by atoms with Gasteiger partial charge in [-0.1, -0.05) is 23.7 Å². The fraction of sp³-hybridized carbons (Fsp3) is 0.462. The fourth-order valence-corrected chi connectivity index (χ4v) is 2.35. The Morgan fingerprint density at radius 1 is 1.44 bits per heavy atom. The van der Waals surface area contributed by atoms with Gasteiger partial charge in [-0.3, -0.25) is 9.69 Å². The second-order valence-corrected chi connectivity index (χ2v) is 5.06. The van der Waals surface area contributed by atoms with E-state index in [1.54, 1.807) is 0 Å². The van der Waals surface area contributed by atoms with Gasteiger partial charge >= 0.3 is 0 Å². The van der Waals surface area contributed by atoms with Crippen molar-refractivity contribution in [3.05, 3.63) is 34.9 Å². The Hall–Kier alpha value is -1.10. The molecule has 0 spiro atoms. The van der Waals surface area contributed by atoms with Crippen LogP contribution in [0.2, 0.25) is 5.02 Å². The summed E-state index contributed by atoms with van der Waals surface area (Å²) in [5.41, 5.74) is 6.53. The monoisotopic (exact) mass is 267 g/mol. The summed E-state index contributed by atoms with van der Waals surface area (Å²) in [5, 5.41) is 3.68. The fourth-order valence-electron chi connectivity index (χ4n) is 2.23. The number of amides is 1. The number of hydrogen-bond donors (Lipinski definition) is 2. The van der Waals surface area contributed by atoms with Crippen molar-refractivity contribution in [3.63, 3.8) is 0 Å². The van der Waals surface area contributed by atoms with Crippen LogP contribution in [0.1, 0.15) is 12.0 Å². The zero-order valence-corrected chi connectivity index (χ0v) is 11.0. The largest absolute Gasteiger partial charge is 0.351 e. The van der Waals surface area contributed by atoms with Crippen LogP contribution in [0.5, 0.6) is 0 Å². The Labute approximate surface area is 112 Å². The SMILES string of the molecule is NCC(=O)NC1CCN(Cc2ccc(Cl)cc2)C1. The minimum absolute atomic E-state index is 0.0632. The van der Waals surface area contributed by atoms with Crippen molar-refractivity contribution in [2.75, 3.05) is 19.6 Å². The molecule has 1 atom stereocenters. The van der Waals surface area contributed by atoms with Gasteiger partial charge in [0, 0.05) is 30.7 Å². The standard InChI is InChI=1S/C13H18ClN3O/c14-11-3-1-10(2-4-11)8-17-6-5-12(9-17)16-13(18)7-15/h1-4,12H,5-9,15H2,(H,16,18). The predicted molar refractivity (Wildman–Crippen MR) is 72.3 cm³/mol. The molecule has 0 aliphatic carbocycles. The first kappa shape index (κ1) is 13.3. The molecule has 0 aromatic heterocycles. The molecule has 1 fully saturated rings. The average molecular weight is 268 g/mol. The van der Waals surface area contributed by atoms with Crippen molar-refractivity contribution >= 4 is 17.5 Å². The summed E-state index contributed by atoms with van der Waals surface area (Å²) in [6.07, 6.45) is 0.985. The van der Waals surface area contributed by atoms with E-state index in [4.69, 9.17) is 17.3 Å². The van der Waals surface area contributed by atoms with Crippen molar-refractivity contribution in [2.24, 2.45) is 5.73 Å². The van der Waals surface area contributed by atoms with Gasteiger partial charge < -0.3 is 11.1 Å². The molecule has 1 unspecified atom stereocenters. The van der Waals surface area contributed by atoms with Crippen LogP contribution >= 0.6 is 11.6 Å². The summed E-state index contributed by atoms with van der Waals surface area (Å²) in [7, 11) is 0. The number of hydrogen-bond acceptors (Lipinski definition) is 3. The highest BCUT2D eigenvalue weighted by Gasteiger charge is 2.23. The van der Waals surface area contributed by atoms with Crippen LogP contribution in [0.15, 0.2) is 24.3 Å². The lowest BCUT2D eigenvalue weighted by Gasteiger charge is -2.16. The maximum Gasteiger partial charge on any atom is 0.233 e. The molecular formula is C13H18ClN3O. The molecule has 1 aliphatic rings. The molecule has 1 saturated heterocycles. The third-order valence-electron chi connectivity index (χ3n) is 3.14. The van der Waals surface area contributed by atoms with Gasteiger partial charge in [0.25, 0.3) is 0 Å². The first-order valence-corrected chi connectivity index (χ1v) is 6.51. The Balaban J connectivity index is 1.82. The molecule has 1 aliphatic heterocycles. The molecule has 0 radical (unpaired) electrons. The lowest BCUT2D eigenvalue weighted by molar-refractivity contribution is -0.120. The van der Waals surface area contributed by atoms with E-state index < -0.39 is 0 Å². The number of likely N-dealkylation sites (tertiary alicyclic amines) is 1. The van der Waals surface area contributed by atoms with E-state index in [0.29, 0.717) is 0 Å². The van der Waals surface area contributed by atoms with Crippen LogP contribution in [0.25, 0.3) is 0 Å². The number of nitrogens with one attached hydrogen (secondary N) is 1. The van der Waals surface area contributed by atoms with E-state index in [0.717, 1.165) is 31.1 Å². The van der Waals surface area contributed by atoms with Crippen LogP contribution in [-0.2, 0) is 11.3 Å². The van der Waals surface area contributed by atoms with Crippen LogP contribution in [0.3, 0.4) is 0 Å². The van der Waals surface area contributed by atoms with Crippen LogP contribution in [-0.4, -0.2) is 36.5 Å². The van der Waals surface area contributed by atoms with E-state index in [1.165, 1.54) is 5.56 Å². The minimum atomic E-state index is -0.0756. The molecule has 5 heteroatoms. The minimum Gasteiger partial charge on any atom is -0.351 e. The van der Waals surface area contributed by atoms with E-state index in [9.17, 15) is 4.79 Å². The first-order valence-electron chi connectivity index (χ1n) is 6.13. The smallest absolute Gasteiger partial charge is 0.233 e. The van der Waals surface area contributed by atoms with Crippen molar-refractivity contribution in [1.29, 1.82) is 0 Å². The Bertz CT molecular complexity index is 407. The molecule has 1 heterocycles. The lowest BCUT2D eigenvalue weighted by atomic mass is 10.2. The third kappa shape index (κ3) is 3.70. The highest BCUT2D eigenvalue weighted by molar-refractivity contribution is 6.30. The molecule has 1 aromatic carbocycles. The van der Waals surface area contributed by atoms with Crippen LogP contribution in [0.4, 0.5) is 0 Å². The molecule has 4 nitrogen and oxygen atoms in total. The van der Waals surface area contributed by atoms with Gasteiger partial charge in [0.1, 0.15) is 0 Å². The normalized spacial score (nSPS) is 20.0. The molecule has 18 heavy (non-hydrogen) atoms. The molecular weight excluding hydrogens is 250 g/mol.